The van der Waals surface area contributed by atoms with Gasteiger partial charge in [-0.3, -0.25) is 4.90 Å². The second-order valence-corrected chi connectivity index (χ2v) is 13.4. The number of methoxy groups -OCH3 is 2. The smallest absolute Gasteiger partial charge is 0.189 e. The van der Waals surface area contributed by atoms with Gasteiger partial charge in [-0.1, -0.05) is 12.1 Å². The Kier molecular flexibility index (Phi) is 17.3. The third-order valence-corrected chi connectivity index (χ3v) is 10.4. The van der Waals surface area contributed by atoms with Crippen molar-refractivity contribution in [3.63, 3.8) is 0 Å². The van der Waals surface area contributed by atoms with Gasteiger partial charge in [0.2, 0.25) is 0 Å². The van der Waals surface area contributed by atoms with Crippen LogP contribution in [0.25, 0.3) is 0 Å². The first-order valence-corrected chi connectivity index (χ1v) is 18.8. The maximum Gasteiger partial charge on any atom is 0.189 e. The van der Waals surface area contributed by atoms with E-state index < -0.39 is 11.0 Å². The van der Waals surface area contributed by atoms with Crippen LogP contribution in [0.5, 0.6) is 11.5 Å². The molecular weight excluding hydrogens is 678 g/mol. The van der Waals surface area contributed by atoms with E-state index >= 15 is 0 Å². The highest BCUT2D eigenvalue weighted by molar-refractivity contribution is 5.63. The van der Waals surface area contributed by atoms with Crippen LogP contribution in [0.4, 0.5) is 0 Å². The summed E-state index contributed by atoms with van der Waals surface area (Å²) in [5.41, 5.74) is 0.746. The fourth-order valence-corrected chi connectivity index (χ4v) is 8.15. The molecule has 1 spiro atoms. The Morgan fingerprint density at radius 2 is 1.33 bits per heavy atom. The monoisotopic (exact) mass is 739 g/mol. The van der Waals surface area contributed by atoms with Crippen molar-refractivity contribution in [3.05, 3.63) is 35.9 Å². The molecule has 52 heavy (non-hydrogen) atoms. The molecule has 14 nitrogen and oxygen atoms in total. The van der Waals surface area contributed by atoms with Crippen molar-refractivity contribution in [1.82, 2.24) is 4.90 Å². The van der Waals surface area contributed by atoms with Gasteiger partial charge in [-0.2, -0.15) is 0 Å². The van der Waals surface area contributed by atoms with Gasteiger partial charge in [0.15, 0.2) is 18.3 Å². The number of rotatable bonds is 30. The van der Waals surface area contributed by atoms with Crippen LogP contribution in [0, 0.1) is 0 Å². The number of hydrogen-bond donors (Lipinski definition) is 1. The SMILES string of the molecule is C=CCN1CC[C@]23c4c5ccc(OCOCCOC)c4OC2C(OCCOCCOCCOCCOCCOCCOCCOC)CC[C@@]3(O)[C@H]1C5. The van der Waals surface area contributed by atoms with Gasteiger partial charge in [-0.25, -0.2) is 0 Å². The molecule has 0 radical (unpaired) electrons. The lowest BCUT2D eigenvalue weighted by atomic mass is 9.48. The van der Waals surface area contributed by atoms with Crippen LogP contribution >= 0.6 is 0 Å². The Hall–Kier alpha value is -1.92. The summed E-state index contributed by atoms with van der Waals surface area (Å²) in [5, 5.41) is 12.7. The summed E-state index contributed by atoms with van der Waals surface area (Å²) in [6, 6.07) is 4.07. The minimum Gasteiger partial charge on any atom is -0.482 e. The summed E-state index contributed by atoms with van der Waals surface area (Å²) in [6.45, 7) is 13.6. The zero-order valence-corrected chi connectivity index (χ0v) is 31.2. The molecule has 5 atom stereocenters. The van der Waals surface area contributed by atoms with Crippen molar-refractivity contribution in [3.8, 4) is 11.5 Å². The number of hydrogen-bond acceptors (Lipinski definition) is 14. The Morgan fingerprint density at radius 3 is 1.90 bits per heavy atom. The van der Waals surface area contributed by atoms with Gasteiger partial charge in [-0.15, -0.1) is 6.58 Å². The highest BCUT2D eigenvalue weighted by atomic mass is 16.7. The molecule has 2 bridgehead atoms. The topological polar surface area (TPSA) is 134 Å². The largest absolute Gasteiger partial charge is 0.482 e. The molecule has 0 amide bonds. The molecular formula is C38H61NO13. The normalized spacial score (nSPS) is 25.9. The first-order valence-electron chi connectivity index (χ1n) is 18.8. The number of aliphatic hydroxyl groups is 1. The maximum absolute atomic E-state index is 12.7. The van der Waals surface area contributed by atoms with Crippen LogP contribution in [0.2, 0.25) is 0 Å². The molecule has 2 fully saturated rings. The van der Waals surface area contributed by atoms with E-state index in [2.05, 4.69) is 17.5 Å². The molecule has 2 aliphatic heterocycles. The van der Waals surface area contributed by atoms with E-state index in [9.17, 15) is 5.11 Å². The van der Waals surface area contributed by atoms with E-state index in [0.29, 0.717) is 130 Å². The Morgan fingerprint density at radius 1 is 0.769 bits per heavy atom. The Labute approximate surface area is 308 Å². The molecule has 5 rings (SSSR count). The van der Waals surface area contributed by atoms with Crippen LogP contribution in [0.1, 0.15) is 30.4 Å². The zero-order chi connectivity index (χ0) is 36.5. The molecule has 14 heteroatoms. The molecule has 0 aromatic heterocycles. The lowest BCUT2D eigenvalue weighted by Crippen LogP contribution is -2.77. The van der Waals surface area contributed by atoms with E-state index in [0.717, 1.165) is 31.5 Å². The summed E-state index contributed by atoms with van der Waals surface area (Å²) in [4.78, 5) is 2.38. The summed E-state index contributed by atoms with van der Waals surface area (Å²) in [6.07, 6.45) is 4.22. The first kappa shape index (κ1) is 41.2. The number of nitrogens with zero attached hydrogens (tertiary/aromatic N) is 1. The molecule has 2 unspecified atom stereocenters. The quantitative estimate of drug-likeness (QED) is 0.0702. The van der Waals surface area contributed by atoms with E-state index in [4.69, 9.17) is 56.8 Å². The maximum atomic E-state index is 12.7. The van der Waals surface area contributed by atoms with Crippen molar-refractivity contribution in [2.45, 2.75) is 54.9 Å². The molecule has 1 aromatic rings. The molecule has 1 saturated heterocycles. The third kappa shape index (κ3) is 10.0. The van der Waals surface area contributed by atoms with Crippen molar-refractivity contribution in [2.24, 2.45) is 0 Å². The lowest BCUT2D eigenvalue weighted by molar-refractivity contribution is -0.215. The van der Waals surface area contributed by atoms with Crippen LogP contribution in [0.3, 0.4) is 0 Å². The van der Waals surface area contributed by atoms with E-state index in [1.807, 2.05) is 12.1 Å². The fraction of sp³-hybridized carbons (Fsp3) is 0.789. The summed E-state index contributed by atoms with van der Waals surface area (Å²) >= 11 is 0. The Bertz CT molecular complexity index is 1190. The highest BCUT2D eigenvalue weighted by Crippen LogP contribution is 2.65. The third-order valence-electron chi connectivity index (χ3n) is 10.4. The van der Waals surface area contributed by atoms with E-state index in [-0.39, 0.29) is 25.0 Å². The average Bonchev–Trinajstić information content (AvgIpc) is 3.50. The summed E-state index contributed by atoms with van der Waals surface area (Å²) in [5.74, 6) is 1.35. The van der Waals surface area contributed by atoms with Crippen molar-refractivity contribution in [1.29, 1.82) is 0 Å². The minimum absolute atomic E-state index is 0.0242. The van der Waals surface area contributed by atoms with Crippen LogP contribution in [-0.4, -0.2) is 174 Å². The number of piperidine rings is 1. The van der Waals surface area contributed by atoms with Crippen molar-refractivity contribution in [2.75, 3.05) is 140 Å². The summed E-state index contributed by atoms with van der Waals surface area (Å²) < 4.78 is 68.3. The van der Waals surface area contributed by atoms with Gasteiger partial charge in [-0.05, 0) is 43.9 Å². The number of ether oxygens (including phenoxy) is 12. The zero-order valence-electron chi connectivity index (χ0n) is 31.2. The van der Waals surface area contributed by atoms with Gasteiger partial charge < -0.3 is 61.9 Å². The van der Waals surface area contributed by atoms with Gasteiger partial charge in [0.05, 0.1) is 123 Å². The van der Waals surface area contributed by atoms with E-state index in [1.54, 1.807) is 14.2 Å². The number of benzene rings is 1. The van der Waals surface area contributed by atoms with Crippen LogP contribution < -0.4 is 9.47 Å². The standard InChI is InChI=1S/C38H61NO13/c1-4-10-39-11-9-37-34-30-5-6-31(51-29-49-15-13-42-3)35(34)52-36(37)32(7-8-38(37,40)33(39)28-30)50-27-26-48-25-24-47-23-22-46-21-20-45-19-18-44-17-16-43-14-12-41-2/h4-6,32-33,36,40H,1,7-29H2,2-3H3/t32?,33-,36?,37+,38-/m1/s1. The molecule has 4 aliphatic rings. The van der Waals surface area contributed by atoms with Crippen molar-refractivity contribution < 1.29 is 61.9 Å². The van der Waals surface area contributed by atoms with Gasteiger partial charge in [0, 0.05) is 32.4 Å². The second kappa shape index (κ2) is 21.8. The predicted octanol–water partition coefficient (Wildman–Crippen LogP) is 2.16. The highest BCUT2D eigenvalue weighted by Gasteiger charge is 2.73. The van der Waals surface area contributed by atoms with Crippen LogP contribution in [-0.2, 0) is 59.2 Å². The lowest BCUT2D eigenvalue weighted by Gasteiger charge is -2.64. The van der Waals surface area contributed by atoms with Gasteiger partial charge >= 0.3 is 0 Å². The van der Waals surface area contributed by atoms with Gasteiger partial charge in [0.25, 0.3) is 0 Å². The van der Waals surface area contributed by atoms with Crippen molar-refractivity contribution >= 4 is 0 Å². The molecule has 1 N–H and O–H groups in total. The summed E-state index contributed by atoms with van der Waals surface area (Å²) in [7, 11) is 3.29. The van der Waals surface area contributed by atoms with Gasteiger partial charge in [0.1, 0.15) is 6.10 Å². The second-order valence-electron chi connectivity index (χ2n) is 13.4. The molecule has 1 saturated carbocycles. The van der Waals surface area contributed by atoms with E-state index in [1.165, 1.54) is 5.56 Å². The average molecular weight is 740 g/mol. The number of likely N-dealkylation sites (tertiary alicyclic amines) is 1. The molecule has 2 heterocycles. The van der Waals surface area contributed by atoms with Crippen LogP contribution in [0.15, 0.2) is 24.8 Å². The molecule has 2 aliphatic carbocycles. The predicted molar refractivity (Wildman–Crippen MR) is 190 cm³/mol. The first-order chi connectivity index (χ1) is 25.6. The molecule has 296 valence electrons. The Balaban J connectivity index is 0.997. The molecule has 1 aromatic carbocycles. The fourth-order valence-electron chi connectivity index (χ4n) is 8.15. The minimum atomic E-state index is -0.954.